The van der Waals surface area contributed by atoms with Crippen LogP contribution in [0.15, 0.2) is 18.2 Å². The zero-order valence-electron chi connectivity index (χ0n) is 10.7. The Bertz CT molecular complexity index is 639. The zero-order valence-corrected chi connectivity index (χ0v) is 10.7. The van der Waals surface area contributed by atoms with Crippen LogP contribution in [0, 0.1) is 12.8 Å². The van der Waals surface area contributed by atoms with E-state index in [-0.39, 0.29) is 5.92 Å². The Morgan fingerprint density at radius 3 is 2.94 bits per heavy atom. The SMILES string of the molecule is Cc1ccc2c3c(n(C)c2c1)CC(C(=O)O)CC3. The van der Waals surface area contributed by atoms with E-state index in [4.69, 9.17) is 5.11 Å². The Balaban J connectivity index is 2.18. The number of aryl methyl sites for hydroxylation is 3. The zero-order chi connectivity index (χ0) is 12.9. The van der Waals surface area contributed by atoms with Gasteiger partial charge in [-0.3, -0.25) is 4.79 Å². The molecule has 3 heteroatoms. The lowest BCUT2D eigenvalue weighted by Gasteiger charge is -2.20. The molecule has 0 saturated carbocycles. The highest BCUT2D eigenvalue weighted by Gasteiger charge is 2.28. The lowest BCUT2D eigenvalue weighted by atomic mass is 9.87. The number of nitrogens with zero attached hydrogens (tertiary/aromatic N) is 1. The van der Waals surface area contributed by atoms with Gasteiger partial charge >= 0.3 is 5.97 Å². The number of rotatable bonds is 1. The Kier molecular flexibility index (Phi) is 2.44. The normalized spacial score (nSPS) is 18.9. The van der Waals surface area contributed by atoms with Crippen molar-refractivity contribution in [3.05, 3.63) is 35.0 Å². The van der Waals surface area contributed by atoms with Crippen molar-refractivity contribution in [2.45, 2.75) is 26.2 Å². The Morgan fingerprint density at radius 1 is 1.44 bits per heavy atom. The quantitative estimate of drug-likeness (QED) is 0.836. The van der Waals surface area contributed by atoms with Crippen molar-refractivity contribution in [1.29, 1.82) is 0 Å². The molecule has 0 spiro atoms. The standard InChI is InChI=1S/C15H17NO2/c1-9-3-5-11-12-6-4-10(15(17)18)8-14(12)16(2)13(11)7-9/h3,5,7,10H,4,6,8H2,1-2H3,(H,17,18). The highest BCUT2D eigenvalue weighted by atomic mass is 16.4. The molecular formula is C15H17NO2. The van der Waals surface area contributed by atoms with Crippen molar-refractivity contribution in [2.24, 2.45) is 13.0 Å². The minimum Gasteiger partial charge on any atom is -0.481 e. The number of hydrogen-bond donors (Lipinski definition) is 1. The largest absolute Gasteiger partial charge is 0.481 e. The van der Waals surface area contributed by atoms with Crippen LogP contribution in [0.2, 0.25) is 0 Å². The second-order valence-electron chi connectivity index (χ2n) is 5.28. The van der Waals surface area contributed by atoms with Crippen molar-refractivity contribution < 1.29 is 9.90 Å². The number of carboxylic acids is 1. The Labute approximate surface area is 106 Å². The Morgan fingerprint density at radius 2 is 2.22 bits per heavy atom. The highest BCUT2D eigenvalue weighted by Crippen LogP contribution is 2.34. The van der Waals surface area contributed by atoms with Gasteiger partial charge in [-0.1, -0.05) is 12.1 Å². The fourth-order valence-electron chi connectivity index (χ4n) is 3.08. The van der Waals surface area contributed by atoms with Gasteiger partial charge in [0.05, 0.1) is 5.92 Å². The van der Waals surface area contributed by atoms with E-state index in [2.05, 4.69) is 29.7 Å². The molecule has 1 heterocycles. The predicted octanol–water partition coefficient (Wildman–Crippen LogP) is 2.68. The first-order chi connectivity index (χ1) is 8.58. The van der Waals surface area contributed by atoms with Crippen molar-refractivity contribution in [3.63, 3.8) is 0 Å². The molecule has 3 rings (SSSR count). The van der Waals surface area contributed by atoms with Crippen molar-refractivity contribution in [1.82, 2.24) is 4.57 Å². The summed E-state index contributed by atoms with van der Waals surface area (Å²) in [5.41, 5.74) is 5.03. The van der Waals surface area contributed by atoms with E-state index < -0.39 is 5.97 Å². The number of hydrogen-bond acceptors (Lipinski definition) is 1. The monoisotopic (exact) mass is 243 g/mol. The van der Waals surface area contributed by atoms with E-state index in [0.29, 0.717) is 6.42 Å². The molecule has 0 radical (unpaired) electrons. The van der Waals surface area contributed by atoms with Gasteiger partial charge in [-0.2, -0.15) is 0 Å². The maximum Gasteiger partial charge on any atom is 0.306 e. The molecule has 18 heavy (non-hydrogen) atoms. The van der Waals surface area contributed by atoms with Gasteiger partial charge in [0.25, 0.3) is 0 Å². The summed E-state index contributed by atoms with van der Waals surface area (Å²) in [6.07, 6.45) is 2.30. The molecule has 0 aliphatic heterocycles. The number of aromatic nitrogens is 1. The van der Waals surface area contributed by atoms with Crippen LogP contribution < -0.4 is 0 Å². The van der Waals surface area contributed by atoms with Gasteiger partial charge in [0.15, 0.2) is 0 Å². The van der Waals surface area contributed by atoms with Crippen molar-refractivity contribution in [2.75, 3.05) is 0 Å². The summed E-state index contributed by atoms with van der Waals surface area (Å²) in [5, 5.41) is 10.5. The van der Waals surface area contributed by atoms with E-state index in [1.807, 2.05) is 7.05 Å². The van der Waals surface area contributed by atoms with Crippen LogP contribution >= 0.6 is 0 Å². The maximum atomic E-state index is 11.1. The van der Waals surface area contributed by atoms with Crippen LogP contribution in [-0.4, -0.2) is 15.6 Å². The van der Waals surface area contributed by atoms with Gasteiger partial charge in [0.1, 0.15) is 0 Å². The van der Waals surface area contributed by atoms with Crippen LogP contribution in [0.1, 0.15) is 23.2 Å². The average Bonchev–Trinajstić information content (AvgIpc) is 2.62. The molecule has 0 fully saturated rings. The topological polar surface area (TPSA) is 42.2 Å². The molecule has 0 amide bonds. The second kappa shape index (κ2) is 3.87. The van der Waals surface area contributed by atoms with Crippen LogP contribution in [-0.2, 0) is 24.7 Å². The number of benzene rings is 1. The first-order valence-corrected chi connectivity index (χ1v) is 6.37. The molecular weight excluding hydrogens is 226 g/mol. The average molecular weight is 243 g/mol. The third-order valence-corrected chi connectivity index (χ3v) is 4.12. The van der Waals surface area contributed by atoms with E-state index in [1.54, 1.807) is 0 Å². The minimum atomic E-state index is -0.665. The van der Waals surface area contributed by atoms with E-state index in [9.17, 15) is 4.79 Å². The van der Waals surface area contributed by atoms with Crippen LogP contribution in [0.25, 0.3) is 10.9 Å². The molecule has 1 aromatic heterocycles. The van der Waals surface area contributed by atoms with E-state index in [0.717, 1.165) is 12.8 Å². The molecule has 3 nitrogen and oxygen atoms in total. The lowest BCUT2D eigenvalue weighted by molar-refractivity contribution is -0.142. The molecule has 1 unspecified atom stereocenters. The third kappa shape index (κ3) is 1.54. The summed E-state index contributed by atoms with van der Waals surface area (Å²) in [6.45, 7) is 2.09. The van der Waals surface area contributed by atoms with Crippen molar-refractivity contribution in [3.8, 4) is 0 Å². The highest BCUT2D eigenvalue weighted by molar-refractivity contribution is 5.87. The molecule has 1 aliphatic carbocycles. The van der Waals surface area contributed by atoms with Gasteiger partial charge in [0, 0.05) is 30.1 Å². The number of carboxylic acid groups (broad SMARTS) is 1. The maximum absolute atomic E-state index is 11.1. The number of carbonyl (C=O) groups is 1. The van der Waals surface area contributed by atoms with Crippen LogP contribution in [0.3, 0.4) is 0 Å². The smallest absolute Gasteiger partial charge is 0.306 e. The number of fused-ring (bicyclic) bond motifs is 3. The summed E-state index contributed by atoms with van der Waals surface area (Å²) >= 11 is 0. The molecule has 1 atom stereocenters. The Hall–Kier alpha value is -1.77. The first kappa shape index (κ1) is 11.3. The summed E-state index contributed by atoms with van der Waals surface area (Å²) < 4.78 is 2.17. The summed E-state index contributed by atoms with van der Waals surface area (Å²) in [7, 11) is 2.05. The lowest BCUT2D eigenvalue weighted by Crippen LogP contribution is -2.23. The van der Waals surface area contributed by atoms with Gasteiger partial charge < -0.3 is 9.67 Å². The fraction of sp³-hybridized carbons (Fsp3) is 0.400. The number of aliphatic carboxylic acids is 1. The molecule has 2 aromatic rings. The molecule has 1 aromatic carbocycles. The fourth-order valence-corrected chi connectivity index (χ4v) is 3.08. The third-order valence-electron chi connectivity index (χ3n) is 4.12. The minimum absolute atomic E-state index is 0.221. The van der Waals surface area contributed by atoms with Crippen molar-refractivity contribution >= 4 is 16.9 Å². The molecule has 1 aliphatic rings. The molecule has 0 bridgehead atoms. The van der Waals surface area contributed by atoms with Crippen LogP contribution in [0.5, 0.6) is 0 Å². The van der Waals surface area contributed by atoms with E-state index in [1.165, 1.54) is 27.7 Å². The molecule has 1 N–H and O–H groups in total. The molecule has 0 saturated heterocycles. The summed E-state index contributed by atoms with van der Waals surface area (Å²) in [6, 6.07) is 6.49. The summed E-state index contributed by atoms with van der Waals surface area (Å²) in [5.74, 6) is -0.885. The van der Waals surface area contributed by atoms with Gasteiger partial charge in [-0.15, -0.1) is 0 Å². The van der Waals surface area contributed by atoms with Gasteiger partial charge in [-0.25, -0.2) is 0 Å². The van der Waals surface area contributed by atoms with E-state index >= 15 is 0 Å². The summed E-state index contributed by atoms with van der Waals surface area (Å²) in [4.78, 5) is 11.1. The van der Waals surface area contributed by atoms with Gasteiger partial charge in [0.2, 0.25) is 0 Å². The second-order valence-corrected chi connectivity index (χ2v) is 5.28. The van der Waals surface area contributed by atoms with Crippen LogP contribution in [0.4, 0.5) is 0 Å². The molecule has 94 valence electrons. The predicted molar refractivity (Wildman–Crippen MR) is 70.8 cm³/mol. The first-order valence-electron chi connectivity index (χ1n) is 6.37. The van der Waals surface area contributed by atoms with Gasteiger partial charge in [-0.05, 0) is 37.0 Å².